The van der Waals surface area contributed by atoms with Crippen LogP contribution in [-0.2, 0) is 0 Å². The quantitative estimate of drug-likeness (QED) is 0.545. The van der Waals surface area contributed by atoms with Crippen LogP contribution in [0.15, 0.2) is 0 Å². The second kappa shape index (κ2) is 7.53. The smallest absolute Gasteiger partial charge is 0.0662 e. The second-order valence-electron chi connectivity index (χ2n) is 3.42. The molecule has 0 aromatic rings. The van der Waals surface area contributed by atoms with E-state index in [1.165, 1.54) is 0 Å². The number of rotatable bonds is 7. The van der Waals surface area contributed by atoms with Gasteiger partial charge in [0.05, 0.1) is 6.10 Å². The average Bonchev–Trinajstić information content (AvgIpc) is 2.03. The van der Waals surface area contributed by atoms with E-state index in [1.807, 2.05) is 6.92 Å². The van der Waals surface area contributed by atoms with Gasteiger partial charge in [-0.25, -0.2) is 0 Å². The Balaban J connectivity index is 3.00. The first-order chi connectivity index (χ1) is 5.66. The van der Waals surface area contributed by atoms with Crippen molar-refractivity contribution in [3.05, 3.63) is 0 Å². The Bertz CT molecular complexity index is 96.5. The minimum atomic E-state index is -0.177. The summed E-state index contributed by atoms with van der Waals surface area (Å²) in [4.78, 5) is 2.16. The van der Waals surface area contributed by atoms with Gasteiger partial charge in [0.2, 0.25) is 0 Å². The van der Waals surface area contributed by atoms with Crippen LogP contribution in [-0.4, -0.2) is 49.8 Å². The first-order valence-electron chi connectivity index (χ1n) is 4.70. The number of hydrogen-bond acceptors (Lipinski definition) is 3. The van der Waals surface area contributed by atoms with Crippen molar-refractivity contribution in [3.63, 3.8) is 0 Å². The Morgan fingerprint density at radius 1 is 1.42 bits per heavy atom. The Morgan fingerprint density at radius 2 is 2.08 bits per heavy atom. The number of hydrogen-bond donors (Lipinski definition) is 2. The highest BCUT2D eigenvalue weighted by atomic mass is 16.3. The molecule has 0 rings (SSSR count). The van der Waals surface area contributed by atoms with Gasteiger partial charge in [-0.2, -0.15) is 0 Å². The van der Waals surface area contributed by atoms with Crippen LogP contribution in [0.5, 0.6) is 0 Å². The lowest BCUT2D eigenvalue weighted by Gasteiger charge is -2.11. The van der Waals surface area contributed by atoms with Gasteiger partial charge in [-0.1, -0.05) is 6.92 Å². The van der Waals surface area contributed by atoms with Gasteiger partial charge < -0.3 is 15.3 Å². The first-order valence-corrected chi connectivity index (χ1v) is 4.70. The summed E-state index contributed by atoms with van der Waals surface area (Å²) in [5, 5.41) is 12.4. The third-order valence-corrected chi connectivity index (χ3v) is 1.81. The zero-order chi connectivity index (χ0) is 9.40. The van der Waals surface area contributed by atoms with Crippen LogP contribution in [0.3, 0.4) is 0 Å². The molecule has 3 nitrogen and oxygen atoms in total. The first kappa shape index (κ1) is 11.9. The summed E-state index contributed by atoms with van der Waals surface area (Å²) in [6.07, 6.45) is 1.80. The number of aliphatic hydroxyl groups is 1. The third-order valence-electron chi connectivity index (χ3n) is 1.81. The van der Waals surface area contributed by atoms with Crippen molar-refractivity contribution in [2.75, 3.05) is 33.7 Å². The monoisotopic (exact) mass is 174 g/mol. The standard InChI is InChI=1S/C9H22N2O/c1-4-9(12)8-10-6-5-7-11(2)3/h9-10,12H,4-8H2,1-3H3. The van der Waals surface area contributed by atoms with Gasteiger partial charge in [0, 0.05) is 6.54 Å². The zero-order valence-electron chi connectivity index (χ0n) is 8.51. The molecule has 0 aliphatic rings. The molecule has 12 heavy (non-hydrogen) atoms. The van der Waals surface area contributed by atoms with Crippen molar-refractivity contribution >= 4 is 0 Å². The van der Waals surface area contributed by atoms with Crippen molar-refractivity contribution in [2.45, 2.75) is 25.9 Å². The van der Waals surface area contributed by atoms with Gasteiger partial charge in [0.1, 0.15) is 0 Å². The molecule has 0 aliphatic carbocycles. The SMILES string of the molecule is CCC(O)CNCCCN(C)C. The predicted octanol–water partition coefficient (Wildman–Crippen LogP) is 0.299. The summed E-state index contributed by atoms with van der Waals surface area (Å²) in [6.45, 7) is 4.82. The molecule has 0 aliphatic heterocycles. The van der Waals surface area contributed by atoms with Crippen molar-refractivity contribution in [2.24, 2.45) is 0 Å². The van der Waals surface area contributed by atoms with Crippen molar-refractivity contribution < 1.29 is 5.11 Å². The fraction of sp³-hybridized carbons (Fsp3) is 1.00. The Morgan fingerprint density at radius 3 is 2.58 bits per heavy atom. The summed E-state index contributed by atoms with van der Waals surface area (Å²) in [6, 6.07) is 0. The third kappa shape index (κ3) is 7.98. The molecule has 0 fully saturated rings. The minimum Gasteiger partial charge on any atom is -0.392 e. The van der Waals surface area contributed by atoms with Crippen LogP contribution in [0.4, 0.5) is 0 Å². The molecule has 0 amide bonds. The molecule has 74 valence electrons. The summed E-state index contributed by atoms with van der Waals surface area (Å²) in [5.41, 5.74) is 0. The molecule has 1 atom stereocenters. The van der Waals surface area contributed by atoms with Gasteiger partial charge in [0.15, 0.2) is 0 Å². The van der Waals surface area contributed by atoms with Crippen molar-refractivity contribution in [3.8, 4) is 0 Å². The van der Waals surface area contributed by atoms with Crippen LogP contribution < -0.4 is 5.32 Å². The van der Waals surface area contributed by atoms with E-state index in [4.69, 9.17) is 0 Å². The van der Waals surface area contributed by atoms with Gasteiger partial charge in [-0.05, 0) is 40.0 Å². The largest absolute Gasteiger partial charge is 0.392 e. The topological polar surface area (TPSA) is 35.5 Å². The highest BCUT2D eigenvalue weighted by molar-refractivity contribution is 4.57. The molecule has 0 spiro atoms. The highest BCUT2D eigenvalue weighted by Gasteiger charge is 1.98. The predicted molar refractivity (Wildman–Crippen MR) is 52.3 cm³/mol. The normalized spacial score (nSPS) is 13.8. The maximum atomic E-state index is 9.19. The molecule has 0 bridgehead atoms. The Labute approximate surface area is 75.8 Å². The molecule has 3 heteroatoms. The molecular weight excluding hydrogens is 152 g/mol. The fourth-order valence-corrected chi connectivity index (χ4v) is 0.933. The molecular formula is C9H22N2O. The van der Waals surface area contributed by atoms with Crippen LogP contribution in [0.1, 0.15) is 19.8 Å². The minimum absolute atomic E-state index is 0.177. The lowest BCUT2D eigenvalue weighted by molar-refractivity contribution is 0.167. The van der Waals surface area contributed by atoms with Crippen LogP contribution in [0.2, 0.25) is 0 Å². The van der Waals surface area contributed by atoms with Crippen LogP contribution in [0.25, 0.3) is 0 Å². The molecule has 0 saturated carbocycles. The number of nitrogens with one attached hydrogen (secondary N) is 1. The van der Waals surface area contributed by atoms with Gasteiger partial charge in [-0.3, -0.25) is 0 Å². The van der Waals surface area contributed by atoms with Crippen LogP contribution in [0, 0.1) is 0 Å². The fourth-order valence-electron chi connectivity index (χ4n) is 0.933. The average molecular weight is 174 g/mol. The van der Waals surface area contributed by atoms with Crippen LogP contribution >= 0.6 is 0 Å². The number of nitrogens with zero attached hydrogens (tertiary/aromatic N) is 1. The van der Waals surface area contributed by atoms with E-state index < -0.39 is 0 Å². The molecule has 0 saturated heterocycles. The summed E-state index contributed by atoms with van der Waals surface area (Å²) in [7, 11) is 4.14. The van der Waals surface area contributed by atoms with E-state index >= 15 is 0 Å². The van der Waals surface area contributed by atoms with E-state index in [0.29, 0.717) is 0 Å². The van der Waals surface area contributed by atoms with Gasteiger partial charge in [0.25, 0.3) is 0 Å². The zero-order valence-corrected chi connectivity index (χ0v) is 8.51. The summed E-state index contributed by atoms with van der Waals surface area (Å²) in [5.74, 6) is 0. The molecule has 0 aromatic carbocycles. The van der Waals surface area contributed by atoms with E-state index in [1.54, 1.807) is 0 Å². The van der Waals surface area contributed by atoms with Gasteiger partial charge in [-0.15, -0.1) is 0 Å². The molecule has 0 radical (unpaired) electrons. The maximum absolute atomic E-state index is 9.19. The highest BCUT2D eigenvalue weighted by Crippen LogP contribution is 1.87. The Hall–Kier alpha value is -0.120. The van der Waals surface area contributed by atoms with Crippen molar-refractivity contribution in [1.29, 1.82) is 0 Å². The van der Waals surface area contributed by atoms with E-state index in [0.717, 1.165) is 32.5 Å². The summed E-state index contributed by atoms with van der Waals surface area (Å²) < 4.78 is 0. The second-order valence-corrected chi connectivity index (χ2v) is 3.42. The Kier molecular flexibility index (Phi) is 7.45. The lowest BCUT2D eigenvalue weighted by Crippen LogP contribution is -2.28. The van der Waals surface area contributed by atoms with Crippen molar-refractivity contribution in [1.82, 2.24) is 10.2 Å². The molecule has 0 aromatic heterocycles. The number of aliphatic hydroxyl groups excluding tert-OH is 1. The molecule has 1 unspecified atom stereocenters. The molecule has 2 N–H and O–H groups in total. The summed E-state index contributed by atoms with van der Waals surface area (Å²) >= 11 is 0. The maximum Gasteiger partial charge on any atom is 0.0662 e. The molecule has 0 heterocycles. The van der Waals surface area contributed by atoms with E-state index in [9.17, 15) is 5.11 Å². The lowest BCUT2D eigenvalue weighted by atomic mass is 10.3. The van der Waals surface area contributed by atoms with E-state index in [2.05, 4.69) is 24.3 Å². The van der Waals surface area contributed by atoms with E-state index in [-0.39, 0.29) is 6.10 Å². The van der Waals surface area contributed by atoms with Gasteiger partial charge >= 0.3 is 0 Å².